The molecule has 1 saturated heterocycles. The number of benzene rings is 3. The minimum Gasteiger partial charge on any atom is -0.530 e. The Morgan fingerprint density at radius 3 is 2.51 bits per heavy atom. The maximum atomic E-state index is 12.2. The third-order valence-electron chi connectivity index (χ3n) is 6.51. The van der Waals surface area contributed by atoms with Crippen LogP contribution in [0.4, 0.5) is 15.4 Å². The van der Waals surface area contributed by atoms with Gasteiger partial charge in [0.15, 0.2) is 0 Å². The van der Waals surface area contributed by atoms with Crippen LogP contribution >= 0.6 is 0 Å². The summed E-state index contributed by atoms with van der Waals surface area (Å²) >= 11 is 0. The van der Waals surface area contributed by atoms with E-state index in [1.807, 2.05) is 30.3 Å². The summed E-state index contributed by atoms with van der Waals surface area (Å²) < 4.78 is 11.7. The SMILES string of the molecule is O=C(Nc1ccccn1)Oc1ccc(C2CCN(C(=O)[O-])CC2OCc2ccc3ccccc3c2)cc1. The Labute approximate surface area is 214 Å². The monoisotopic (exact) mass is 496 g/mol. The molecule has 1 aliphatic rings. The Hall–Kier alpha value is -4.43. The maximum absolute atomic E-state index is 12.2. The van der Waals surface area contributed by atoms with Gasteiger partial charge in [-0.15, -0.1) is 0 Å². The topological polar surface area (TPSA) is 104 Å². The molecule has 1 fully saturated rings. The lowest BCUT2D eigenvalue weighted by atomic mass is 9.87. The van der Waals surface area contributed by atoms with Gasteiger partial charge in [0.25, 0.3) is 0 Å². The molecule has 37 heavy (non-hydrogen) atoms. The predicted molar refractivity (Wildman–Crippen MR) is 137 cm³/mol. The van der Waals surface area contributed by atoms with Gasteiger partial charge in [0.2, 0.25) is 0 Å². The first-order valence-electron chi connectivity index (χ1n) is 12.1. The van der Waals surface area contributed by atoms with Crippen molar-refractivity contribution in [1.29, 1.82) is 0 Å². The van der Waals surface area contributed by atoms with E-state index in [1.165, 1.54) is 4.90 Å². The normalized spacial score (nSPS) is 17.4. The number of ether oxygens (including phenoxy) is 2. The van der Waals surface area contributed by atoms with Crippen LogP contribution in [0.5, 0.6) is 5.75 Å². The lowest BCUT2D eigenvalue weighted by Crippen LogP contribution is -2.51. The molecule has 0 saturated carbocycles. The van der Waals surface area contributed by atoms with E-state index in [4.69, 9.17) is 9.47 Å². The largest absolute Gasteiger partial charge is 0.530 e. The Morgan fingerprint density at radius 1 is 0.973 bits per heavy atom. The fourth-order valence-corrected chi connectivity index (χ4v) is 4.62. The molecule has 4 aromatic rings. The molecule has 1 N–H and O–H groups in total. The van der Waals surface area contributed by atoms with E-state index in [-0.39, 0.29) is 18.6 Å². The molecule has 2 amide bonds. The van der Waals surface area contributed by atoms with Crippen LogP contribution < -0.4 is 15.2 Å². The summed E-state index contributed by atoms with van der Waals surface area (Å²) in [6.07, 6.45) is -0.00574. The Kier molecular flexibility index (Phi) is 7.28. The number of carbonyl (C=O) groups is 2. The zero-order valence-electron chi connectivity index (χ0n) is 20.1. The number of hydrogen-bond donors (Lipinski definition) is 1. The van der Waals surface area contributed by atoms with E-state index in [1.54, 1.807) is 36.5 Å². The van der Waals surface area contributed by atoms with Gasteiger partial charge in [0.05, 0.1) is 12.7 Å². The number of nitrogens with one attached hydrogen (secondary N) is 1. The fourth-order valence-electron chi connectivity index (χ4n) is 4.62. The van der Waals surface area contributed by atoms with Gasteiger partial charge in [-0.3, -0.25) is 5.32 Å². The number of rotatable bonds is 6. The number of likely N-dealkylation sites (tertiary alicyclic amines) is 1. The molecule has 0 radical (unpaired) electrons. The van der Waals surface area contributed by atoms with Crippen LogP contribution in [0.1, 0.15) is 23.5 Å². The number of pyridine rings is 1. The summed E-state index contributed by atoms with van der Waals surface area (Å²) in [5.41, 5.74) is 2.00. The minimum atomic E-state index is -1.19. The zero-order valence-corrected chi connectivity index (χ0v) is 20.1. The number of carboxylic acid groups (broad SMARTS) is 1. The van der Waals surface area contributed by atoms with Gasteiger partial charge >= 0.3 is 6.09 Å². The second kappa shape index (κ2) is 11.1. The highest BCUT2D eigenvalue weighted by molar-refractivity contribution is 5.85. The number of piperidine rings is 1. The first-order valence-corrected chi connectivity index (χ1v) is 12.1. The number of amides is 2. The molecule has 0 aliphatic carbocycles. The highest BCUT2D eigenvalue weighted by Gasteiger charge is 2.31. The summed E-state index contributed by atoms with van der Waals surface area (Å²) in [7, 11) is 0. The van der Waals surface area contributed by atoms with E-state index in [0.29, 0.717) is 31.1 Å². The molecular weight excluding hydrogens is 470 g/mol. The van der Waals surface area contributed by atoms with Crippen molar-refractivity contribution >= 4 is 28.8 Å². The maximum Gasteiger partial charge on any atom is 0.418 e. The summed E-state index contributed by atoms with van der Waals surface area (Å²) in [6.45, 7) is 0.959. The van der Waals surface area contributed by atoms with Gasteiger partial charge in [0, 0.05) is 25.2 Å². The molecular formula is C29H26N3O5-. The molecule has 0 spiro atoms. The second-order valence-corrected chi connectivity index (χ2v) is 8.94. The quantitative estimate of drug-likeness (QED) is 0.420. The van der Waals surface area contributed by atoms with E-state index >= 15 is 0 Å². The van der Waals surface area contributed by atoms with Crippen molar-refractivity contribution in [3.8, 4) is 5.75 Å². The van der Waals surface area contributed by atoms with Crippen molar-refractivity contribution < 1.29 is 24.2 Å². The van der Waals surface area contributed by atoms with Gasteiger partial charge in [-0.25, -0.2) is 9.78 Å². The van der Waals surface area contributed by atoms with Gasteiger partial charge < -0.3 is 24.3 Å². The third kappa shape index (κ3) is 6.05. The summed E-state index contributed by atoms with van der Waals surface area (Å²) in [4.78, 5) is 29.0. The third-order valence-corrected chi connectivity index (χ3v) is 6.51. The molecule has 8 nitrogen and oxygen atoms in total. The van der Waals surface area contributed by atoms with Gasteiger partial charge in [-0.1, -0.05) is 54.6 Å². The molecule has 0 bridgehead atoms. The molecule has 2 unspecified atom stereocenters. The van der Waals surface area contributed by atoms with Crippen LogP contribution in [-0.2, 0) is 11.3 Å². The van der Waals surface area contributed by atoms with Crippen LogP contribution in [0.25, 0.3) is 10.8 Å². The van der Waals surface area contributed by atoms with E-state index < -0.39 is 12.2 Å². The van der Waals surface area contributed by atoms with Crippen molar-refractivity contribution in [3.05, 3.63) is 102 Å². The van der Waals surface area contributed by atoms with Crippen LogP contribution in [0.3, 0.4) is 0 Å². The first kappa shape index (κ1) is 24.3. The molecule has 3 aromatic carbocycles. The first-order chi connectivity index (χ1) is 18.0. The summed E-state index contributed by atoms with van der Waals surface area (Å²) in [5.74, 6) is 0.764. The minimum absolute atomic E-state index is 0.0209. The summed E-state index contributed by atoms with van der Waals surface area (Å²) in [5, 5.41) is 16.4. The average Bonchev–Trinajstić information content (AvgIpc) is 2.92. The summed E-state index contributed by atoms with van der Waals surface area (Å²) in [6, 6.07) is 26.7. The number of carbonyl (C=O) groups excluding carboxylic acids is 2. The zero-order chi connectivity index (χ0) is 25.6. The number of fused-ring (bicyclic) bond motifs is 1. The van der Waals surface area contributed by atoms with Gasteiger partial charge in [0.1, 0.15) is 17.7 Å². The molecule has 1 aliphatic heterocycles. The molecule has 5 rings (SSSR count). The number of nitrogens with zero attached hydrogens (tertiary/aromatic N) is 2. The number of aromatic nitrogens is 1. The Balaban J connectivity index is 1.26. The van der Waals surface area contributed by atoms with Crippen molar-refractivity contribution in [2.75, 3.05) is 18.4 Å². The van der Waals surface area contributed by atoms with Crippen molar-refractivity contribution in [3.63, 3.8) is 0 Å². The van der Waals surface area contributed by atoms with E-state index in [9.17, 15) is 14.7 Å². The van der Waals surface area contributed by atoms with E-state index in [0.717, 1.165) is 21.9 Å². The Bertz CT molecular complexity index is 1380. The highest BCUT2D eigenvalue weighted by atomic mass is 16.6. The van der Waals surface area contributed by atoms with Crippen molar-refractivity contribution in [1.82, 2.24) is 9.88 Å². The van der Waals surface area contributed by atoms with Crippen LogP contribution in [0.15, 0.2) is 91.1 Å². The number of anilines is 1. The molecule has 188 valence electrons. The van der Waals surface area contributed by atoms with Crippen molar-refractivity contribution in [2.45, 2.75) is 25.0 Å². The molecule has 1 aromatic heterocycles. The lowest BCUT2D eigenvalue weighted by Gasteiger charge is -2.40. The molecule has 2 atom stereocenters. The smallest absolute Gasteiger partial charge is 0.418 e. The van der Waals surface area contributed by atoms with Crippen LogP contribution in [0, 0.1) is 0 Å². The standard InChI is InChI=1S/C29H27N3O5/c33-28(31-27-7-3-4-15-30-27)37-24-12-10-22(11-13-24)25-14-16-32(29(34)35)18-26(25)36-19-20-8-9-21-5-1-2-6-23(21)17-20/h1-13,15,17,25-26H,14,16,18-19H2,(H,34,35)(H,30,31,33)/p-1. The molecule has 2 heterocycles. The van der Waals surface area contributed by atoms with Crippen LogP contribution in [-0.4, -0.2) is 41.3 Å². The molecule has 8 heteroatoms. The van der Waals surface area contributed by atoms with Crippen molar-refractivity contribution in [2.24, 2.45) is 0 Å². The fraction of sp³-hybridized carbons (Fsp3) is 0.207. The second-order valence-electron chi connectivity index (χ2n) is 8.94. The Morgan fingerprint density at radius 2 is 1.76 bits per heavy atom. The van der Waals surface area contributed by atoms with E-state index in [2.05, 4.69) is 34.6 Å². The predicted octanol–water partition coefficient (Wildman–Crippen LogP) is 4.56. The van der Waals surface area contributed by atoms with Gasteiger partial charge in [-0.2, -0.15) is 0 Å². The van der Waals surface area contributed by atoms with Gasteiger partial charge in [-0.05, 0) is 58.7 Å². The number of hydrogen-bond acceptors (Lipinski definition) is 6. The lowest BCUT2D eigenvalue weighted by molar-refractivity contribution is -0.268. The highest BCUT2D eigenvalue weighted by Crippen LogP contribution is 2.32. The van der Waals surface area contributed by atoms with Crippen LogP contribution in [0.2, 0.25) is 0 Å². The average molecular weight is 497 g/mol.